The van der Waals surface area contributed by atoms with Crippen LogP contribution in [0.15, 0.2) is 18.2 Å². The Bertz CT molecular complexity index is 603. The summed E-state index contributed by atoms with van der Waals surface area (Å²) < 4.78 is 15.2. The van der Waals surface area contributed by atoms with E-state index >= 15 is 0 Å². The predicted molar refractivity (Wildman–Crippen MR) is 86.0 cm³/mol. The number of nitrogens with zero attached hydrogens (tertiary/aromatic N) is 1. The van der Waals surface area contributed by atoms with Crippen LogP contribution in [0.5, 0.6) is 11.5 Å². The number of methoxy groups -OCH3 is 3. The number of carbonyl (C=O) groups excluding carboxylic acids is 2. The third-order valence-electron chi connectivity index (χ3n) is 4.17. The fourth-order valence-electron chi connectivity index (χ4n) is 2.91. The van der Waals surface area contributed by atoms with E-state index in [-0.39, 0.29) is 25.3 Å². The summed E-state index contributed by atoms with van der Waals surface area (Å²) in [6.07, 6.45) is 0.147. The highest BCUT2D eigenvalue weighted by Gasteiger charge is 2.39. The zero-order chi connectivity index (χ0) is 17.7. The number of rotatable bonds is 6. The fourth-order valence-corrected chi connectivity index (χ4v) is 2.91. The lowest BCUT2D eigenvalue weighted by atomic mass is 10.1. The van der Waals surface area contributed by atoms with E-state index in [4.69, 9.17) is 14.2 Å². The predicted octanol–water partition coefficient (Wildman–Crippen LogP) is 0.771. The van der Waals surface area contributed by atoms with Crippen LogP contribution in [0.2, 0.25) is 0 Å². The maximum absolute atomic E-state index is 12.5. The molecule has 1 saturated heterocycles. The second-order valence-electron chi connectivity index (χ2n) is 5.65. The molecule has 24 heavy (non-hydrogen) atoms. The first-order valence-corrected chi connectivity index (χ1v) is 7.76. The highest BCUT2D eigenvalue weighted by molar-refractivity contribution is 5.85. The third kappa shape index (κ3) is 3.97. The molecule has 0 spiro atoms. The van der Waals surface area contributed by atoms with Crippen LogP contribution in [0.1, 0.15) is 18.4 Å². The van der Waals surface area contributed by atoms with E-state index in [2.05, 4.69) is 0 Å². The Morgan fingerprint density at radius 3 is 2.62 bits per heavy atom. The van der Waals surface area contributed by atoms with Crippen molar-refractivity contribution in [2.75, 3.05) is 27.9 Å². The molecular formula is C17H23NO6. The number of aliphatic hydroxyl groups is 1. The summed E-state index contributed by atoms with van der Waals surface area (Å²) in [6.45, 7) is 0.147. The van der Waals surface area contributed by atoms with Crippen molar-refractivity contribution in [3.63, 3.8) is 0 Å². The van der Waals surface area contributed by atoms with Crippen molar-refractivity contribution in [1.29, 1.82) is 0 Å². The number of likely N-dealkylation sites (tertiary alicyclic amines) is 1. The molecule has 0 aromatic heterocycles. The Hall–Kier alpha value is -2.28. The molecule has 2 atom stereocenters. The molecule has 0 aliphatic carbocycles. The van der Waals surface area contributed by atoms with Crippen molar-refractivity contribution in [3.8, 4) is 11.5 Å². The molecule has 7 heteroatoms. The average Bonchev–Trinajstić information content (AvgIpc) is 3.00. The molecule has 7 nitrogen and oxygen atoms in total. The van der Waals surface area contributed by atoms with Gasteiger partial charge in [-0.15, -0.1) is 0 Å². The molecule has 1 aliphatic rings. The van der Waals surface area contributed by atoms with Gasteiger partial charge in [0.15, 0.2) is 0 Å². The molecule has 0 unspecified atom stereocenters. The monoisotopic (exact) mass is 337 g/mol. The molecule has 1 aromatic carbocycles. The maximum Gasteiger partial charge on any atom is 0.328 e. The van der Waals surface area contributed by atoms with E-state index in [0.717, 1.165) is 5.56 Å². The van der Waals surface area contributed by atoms with Gasteiger partial charge in [-0.2, -0.15) is 0 Å². The number of aliphatic hydroxyl groups excluding tert-OH is 1. The topological polar surface area (TPSA) is 85.3 Å². The Morgan fingerprint density at radius 2 is 2.00 bits per heavy atom. The highest BCUT2D eigenvalue weighted by Crippen LogP contribution is 2.26. The molecule has 1 amide bonds. The highest BCUT2D eigenvalue weighted by atomic mass is 16.5. The minimum Gasteiger partial charge on any atom is -0.497 e. The van der Waals surface area contributed by atoms with Gasteiger partial charge in [0.25, 0.3) is 0 Å². The van der Waals surface area contributed by atoms with Gasteiger partial charge in [-0.3, -0.25) is 4.79 Å². The lowest BCUT2D eigenvalue weighted by Gasteiger charge is -2.22. The summed E-state index contributed by atoms with van der Waals surface area (Å²) in [5, 5.41) is 9.76. The van der Waals surface area contributed by atoms with E-state index < -0.39 is 18.1 Å². The van der Waals surface area contributed by atoms with Gasteiger partial charge >= 0.3 is 5.97 Å². The molecule has 132 valence electrons. The normalized spacial score (nSPS) is 19.9. The van der Waals surface area contributed by atoms with Crippen molar-refractivity contribution in [3.05, 3.63) is 23.8 Å². The Balaban J connectivity index is 2.06. The van der Waals surface area contributed by atoms with Gasteiger partial charge < -0.3 is 24.2 Å². The minimum atomic E-state index is -0.718. The van der Waals surface area contributed by atoms with Gasteiger partial charge in [-0.25, -0.2) is 4.79 Å². The van der Waals surface area contributed by atoms with E-state index in [1.165, 1.54) is 12.0 Å². The first-order chi connectivity index (χ1) is 11.5. The minimum absolute atomic E-state index is 0.147. The van der Waals surface area contributed by atoms with Gasteiger partial charge in [0, 0.05) is 19.4 Å². The number of ether oxygens (including phenoxy) is 3. The van der Waals surface area contributed by atoms with Crippen LogP contribution in [0.3, 0.4) is 0 Å². The number of amides is 1. The quantitative estimate of drug-likeness (QED) is 0.772. The second-order valence-corrected chi connectivity index (χ2v) is 5.65. The van der Waals surface area contributed by atoms with Crippen LogP contribution >= 0.6 is 0 Å². The van der Waals surface area contributed by atoms with Crippen molar-refractivity contribution >= 4 is 11.9 Å². The second kappa shape index (κ2) is 8.01. The van der Waals surface area contributed by atoms with E-state index in [9.17, 15) is 14.7 Å². The van der Waals surface area contributed by atoms with Gasteiger partial charge in [0.05, 0.1) is 27.4 Å². The maximum atomic E-state index is 12.5. The largest absolute Gasteiger partial charge is 0.497 e. The van der Waals surface area contributed by atoms with Crippen LogP contribution in [0.4, 0.5) is 0 Å². The molecule has 1 fully saturated rings. The van der Waals surface area contributed by atoms with E-state index in [1.807, 2.05) is 6.07 Å². The fraction of sp³-hybridized carbons (Fsp3) is 0.529. The zero-order valence-electron chi connectivity index (χ0n) is 14.2. The van der Waals surface area contributed by atoms with E-state index in [1.54, 1.807) is 26.4 Å². The summed E-state index contributed by atoms with van der Waals surface area (Å²) in [6, 6.07) is 4.68. The number of aryl methyl sites for hydroxylation is 1. The summed E-state index contributed by atoms with van der Waals surface area (Å²) in [5.74, 6) is 0.655. The lowest BCUT2D eigenvalue weighted by molar-refractivity contribution is -0.150. The molecular weight excluding hydrogens is 314 g/mol. The first kappa shape index (κ1) is 18.1. The Labute approximate surface area is 141 Å². The number of hydrogen-bond donors (Lipinski definition) is 1. The summed E-state index contributed by atoms with van der Waals surface area (Å²) in [4.78, 5) is 25.6. The van der Waals surface area contributed by atoms with Crippen molar-refractivity contribution < 1.29 is 28.9 Å². The van der Waals surface area contributed by atoms with Crippen LogP contribution in [-0.2, 0) is 20.7 Å². The van der Waals surface area contributed by atoms with Crippen LogP contribution in [0, 0.1) is 0 Å². The number of hydrogen-bond acceptors (Lipinski definition) is 6. The molecule has 0 saturated carbocycles. The number of esters is 1. The summed E-state index contributed by atoms with van der Waals surface area (Å²) in [5.41, 5.74) is 0.847. The standard InChI is InChI=1S/C17H23NO6/c1-22-13-5-6-15(23-2)11(8-13)4-7-16(20)18-10-12(19)9-14(18)17(21)24-3/h5-6,8,12,14,19H,4,7,9-10H2,1-3H3/t12-,14-/m0/s1. The molecule has 1 aliphatic heterocycles. The number of carbonyl (C=O) groups is 2. The van der Waals surface area contributed by atoms with Crippen molar-refractivity contribution in [2.45, 2.75) is 31.4 Å². The van der Waals surface area contributed by atoms with Crippen molar-refractivity contribution in [1.82, 2.24) is 4.90 Å². The third-order valence-corrected chi connectivity index (χ3v) is 4.17. The molecule has 1 N–H and O–H groups in total. The van der Waals surface area contributed by atoms with Gasteiger partial charge in [-0.1, -0.05) is 0 Å². The number of β-amino-alcohol motifs (C(OH)–C–C–N with tert-alkyl or cyclic N) is 1. The number of benzene rings is 1. The molecule has 1 heterocycles. The van der Waals surface area contributed by atoms with Gasteiger partial charge in [0.2, 0.25) is 5.91 Å². The zero-order valence-corrected chi connectivity index (χ0v) is 14.2. The summed E-state index contributed by atoms with van der Waals surface area (Å²) in [7, 11) is 4.41. The van der Waals surface area contributed by atoms with Crippen LogP contribution in [0.25, 0.3) is 0 Å². The Kier molecular flexibility index (Phi) is 6.03. The molecule has 0 bridgehead atoms. The van der Waals surface area contributed by atoms with Gasteiger partial charge in [0.1, 0.15) is 17.5 Å². The van der Waals surface area contributed by atoms with Crippen LogP contribution in [-0.4, -0.2) is 61.9 Å². The molecule has 0 radical (unpaired) electrons. The molecule has 2 rings (SSSR count). The van der Waals surface area contributed by atoms with Crippen molar-refractivity contribution in [2.24, 2.45) is 0 Å². The SMILES string of the molecule is COC(=O)[C@@H]1C[C@H](O)CN1C(=O)CCc1cc(OC)ccc1OC. The van der Waals surface area contributed by atoms with Crippen LogP contribution < -0.4 is 9.47 Å². The average molecular weight is 337 g/mol. The van der Waals surface area contributed by atoms with E-state index in [0.29, 0.717) is 17.9 Å². The molecule has 1 aromatic rings. The Morgan fingerprint density at radius 1 is 1.25 bits per heavy atom. The first-order valence-electron chi connectivity index (χ1n) is 7.76. The summed E-state index contributed by atoms with van der Waals surface area (Å²) >= 11 is 0. The lowest BCUT2D eigenvalue weighted by Crippen LogP contribution is -2.41. The van der Waals surface area contributed by atoms with Gasteiger partial charge in [-0.05, 0) is 30.2 Å². The smallest absolute Gasteiger partial charge is 0.328 e.